The summed E-state index contributed by atoms with van der Waals surface area (Å²) in [5.74, 6) is -1.36. The van der Waals surface area contributed by atoms with E-state index in [1.54, 1.807) is 7.05 Å². The van der Waals surface area contributed by atoms with Crippen molar-refractivity contribution in [1.82, 2.24) is 10.2 Å². The lowest BCUT2D eigenvalue weighted by Gasteiger charge is -2.15. The molecule has 0 radical (unpaired) electrons. The van der Waals surface area contributed by atoms with Crippen LogP contribution < -0.4 is 5.32 Å². The molecule has 2 amide bonds. The largest absolute Gasteiger partial charge is 0.349 e. The van der Waals surface area contributed by atoms with Gasteiger partial charge in [0.1, 0.15) is 11.5 Å². The molecule has 2 rings (SSSR count). The van der Waals surface area contributed by atoms with Gasteiger partial charge in [-0.05, 0) is 56.0 Å². The van der Waals surface area contributed by atoms with Crippen LogP contribution >= 0.6 is 0 Å². The van der Waals surface area contributed by atoms with Crippen molar-refractivity contribution >= 4 is 23.2 Å². The van der Waals surface area contributed by atoms with E-state index in [1.165, 1.54) is 36.1 Å². The maximum atomic E-state index is 14.3. The molecule has 1 aliphatic rings. The maximum Gasteiger partial charge on any atom is 0.271 e. The molecule has 6 nitrogen and oxygen atoms in total. The Morgan fingerprint density at radius 2 is 1.96 bits per heavy atom. The lowest BCUT2D eigenvalue weighted by Crippen LogP contribution is -2.32. The average Bonchev–Trinajstić information content (AvgIpc) is 3.48. The first-order valence-corrected chi connectivity index (χ1v) is 9.46. The van der Waals surface area contributed by atoms with Gasteiger partial charge in [0.05, 0.1) is 5.71 Å². The molecule has 0 heterocycles. The van der Waals surface area contributed by atoms with E-state index in [2.05, 4.69) is 5.32 Å². The summed E-state index contributed by atoms with van der Waals surface area (Å²) in [6, 6.07) is 2.79. The molecule has 0 saturated heterocycles. The Bertz CT molecular complexity index is 828. The summed E-state index contributed by atoms with van der Waals surface area (Å²) in [5, 5.41) is 18.9. The van der Waals surface area contributed by atoms with Crippen LogP contribution in [0.3, 0.4) is 0 Å². The molecule has 28 heavy (non-hydrogen) atoms. The van der Waals surface area contributed by atoms with Gasteiger partial charge in [-0.2, -0.15) is 0 Å². The molecule has 0 aromatic heterocycles. The fraction of sp³-hybridized carbons (Fsp3) is 0.429. The van der Waals surface area contributed by atoms with Crippen molar-refractivity contribution in [1.29, 1.82) is 10.8 Å². The smallest absolute Gasteiger partial charge is 0.271 e. The minimum atomic E-state index is -0.568. The summed E-state index contributed by atoms with van der Waals surface area (Å²) < 4.78 is 14.3. The quantitative estimate of drug-likeness (QED) is 0.568. The van der Waals surface area contributed by atoms with Gasteiger partial charge in [0.25, 0.3) is 11.8 Å². The van der Waals surface area contributed by atoms with Gasteiger partial charge in [-0.25, -0.2) is 4.39 Å². The second kappa shape index (κ2) is 9.39. The first-order chi connectivity index (χ1) is 13.2. The van der Waals surface area contributed by atoms with Crippen molar-refractivity contribution in [2.24, 2.45) is 0 Å². The molecule has 0 bridgehead atoms. The molecule has 0 aliphatic heterocycles. The second-order valence-corrected chi connectivity index (χ2v) is 7.12. The van der Waals surface area contributed by atoms with E-state index >= 15 is 0 Å². The van der Waals surface area contributed by atoms with E-state index in [9.17, 15) is 14.0 Å². The summed E-state index contributed by atoms with van der Waals surface area (Å²) >= 11 is 0. The van der Waals surface area contributed by atoms with Crippen LogP contribution in [0.15, 0.2) is 24.3 Å². The van der Waals surface area contributed by atoms with E-state index < -0.39 is 11.7 Å². The van der Waals surface area contributed by atoms with E-state index in [0.29, 0.717) is 6.54 Å². The zero-order valence-corrected chi connectivity index (χ0v) is 16.6. The SMILES string of the molecule is CCCCN(C)C(=O)C(=N)/C=C\C(=N)c1cc(C(=O)NC2CC2)cc(F)c1C. The molecule has 0 atom stereocenters. The standard InChI is InChI=1S/C21H27FN4O2/c1-4-5-10-26(3)21(28)19(24)9-8-18(23)16-11-14(12-17(22)13(16)2)20(27)25-15-6-7-15/h8-9,11-12,15,23-24H,4-7,10H2,1-3H3,(H,25,27)/b9-8-,23-18?,24-19?. The molecule has 1 saturated carbocycles. The first kappa shape index (κ1) is 21.5. The van der Waals surface area contributed by atoms with Crippen LogP contribution in [0.1, 0.15) is 54.1 Å². The summed E-state index contributed by atoms with van der Waals surface area (Å²) in [4.78, 5) is 25.8. The number of allylic oxidation sites excluding steroid dienone is 1. The monoisotopic (exact) mass is 386 g/mol. The Labute approximate surface area is 164 Å². The van der Waals surface area contributed by atoms with Gasteiger partial charge < -0.3 is 15.6 Å². The zero-order valence-electron chi connectivity index (χ0n) is 16.6. The van der Waals surface area contributed by atoms with Crippen LogP contribution in [-0.2, 0) is 4.79 Å². The van der Waals surface area contributed by atoms with Gasteiger partial charge in [0.15, 0.2) is 0 Å². The minimum Gasteiger partial charge on any atom is -0.349 e. The molecular formula is C21H27FN4O2. The molecular weight excluding hydrogens is 359 g/mol. The lowest BCUT2D eigenvalue weighted by molar-refractivity contribution is -0.122. The predicted molar refractivity (Wildman–Crippen MR) is 108 cm³/mol. The van der Waals surface area contributed by atoms with Crippen molar-refractivity contribution in [2.75, 3.05) is 13.6 Å². The fourth-order valence-electron chi connectivity index (χ4n) is 2.62. The summed E-state index contributed by atoms with van der Waals surface area (Å²) in [6.45, 7) is 4.11. The number of unbranched alkanes of at least 4 members (excludes halogenated alkanes) is 1. The van der Waals surface area contributed by atoms with E-state index in [4.69, 9.17) is 10.8 Å². The van der Waals surface area contributed by atoms with Crippen molar-refractivity contribution < 1.29 is 14.0 Å². The number of nitrogens with one attached hydrogen (secondary N) is 3. The third-order valence-electron chi connectivity index (χ3n) is 4.65. The van der Waals surface area contributed by atoms with E-state index in [-0.39, 0.29) is 40.1 Å². The number of carbonyl (C=O) groups is 2. The fourth-order valence-corrected chi connectivity index (χ4v) is 2.62. The Balaban J connectivity index is 2.13. The van der Waals surface area contributed by atoms with Crippen molar-refractivity contribution in [3.63, 3.8) is 0 Å². The van der Waals surface area contributed by atoms with Gasteiger partial charge in [-0.15, -0.1) is 0 Å². The minimum absolute atomic E-state index is 0.0637. The van der Waals surface area contributed by atoms with Crippen molar-refractivity contribution in [2.45, 2.75) is 45.6 Å². The maximum absolute atomic E-state index is 14.3. The van der Waals surface area contributed by atoms with Crippen LogP contribution in [-0.4, -0.2) is 47.8 Å². The van der Waals surface area contributed by atoms with E-state index in [1.807, 2.05) is 6.92 Å². The molecule has 1 aromatic carbocycles. The number of hydrogen-bond donors (Lipinski definition) is 3. The van der Waals surface area contributed by atoms with Crippen LogP contribution in [0.2, 0.25) is 0 Å². The molecule has 1 aromatic rings. The highest BCUT2D eigenvalue weighted by Crippen LogP contribution is 2.21. The summed E-state index contributed by atoms with van der Waals surface area (Å²) in [6.07, 6.45) is 6.17. The molecule has 0 spiro atoms. The molecule has 7 heteroatoms. The third kappa shape index (κ3) is 5.58. The van der Waals surface area contributed by atoms with Gasteiger partial charge in [-0.3, -0.25) is 15.0 Å². The molecule has 1 fully saturated rings. The number of amides is 2. The van der Waals surface area contributed by atoms with Gasteiger partial charge >= 0.3 is 0 Å². The highest BCUT2D eigenvalue weighted by molar-refractivity contribution is 6.42. The van der Waals surface area contributed by atoms with Gasteiger partial charge in [0.2, 0.25) is 0 Å². The summed E-state index contributed by atoms with van der Waals surface area (Å²) in [7, 11) is 1.63. The first-order valence-electron chi connectivity index (χ1n) is 9.46. The van der Waals surface area contributed by atoms with Crippen LogP contribution in [0.25, 0.3) is 0 Å². The number of nitrogens with zero attached hydrogens (tertiary/aromatic N) is 1. The third-order valence-corrected chi connectivity index (χ3v) is 4.65. The predicted octanol–water partition coefficient (Wildman–Crippen LogP) is 3.23. The normalized spacial score (nSPS) is 13.4. The number of carbonyl (C=O) groups excluding carboxylic acids is 2. The van der Waals surface area contributed by atoms with Crippen LogP contribution in [0.5, 0.6) is 0 Å². The van der Waals surface area contributed by atoms with Crippen LogP contribution in [0, 0.1) is 23.6 Å². The number of benzene rings is 1. The average molecular weight is 386 g/mol. The number of halogens is 1. The van der Waals surface area contributed by atoms with Gasteiger partial charge in [0, 0.05) is 30.8 Å². The Morgan fingerprint density at radius 3 is 2.57 bits per heavy atom. The van der Waals surface area contributed by atoms with Gasteiger partial charge in [-0.1, -0.05) is 13.3 Å². The molecule has 3 N–H and O–H groups in total. The van der Waals surface area contributed by atoms with Crippen molar-refractivity contribution in [3.05, 3.63) is 46.8 Å². The van der Waals surface area contributed by atoms with Crippen molar-refractivity contribution in [3.8, 4) is 0 Å². The highest BCUT2D eigenvalue weighted by Gasteiger charge is 2.24. The van der Waals surface area contributed by atoms with Crippen LogP contribution in [0.4, 0.5) is 4.39 Å². The number of rotatable bonds is 9. The Kier molecular flexibility index (Phi) is 7.20. The molecule has 0 unspecified atom stereocenters. The highest BCUT2D eigenvalue weighted by atomic mass is 19.1. The zero-order chi connectivity index (χ0) is 20.8. The molecule has 1 aliphatic carbocycles. The Hall–Kier alpha value is -2.83. The summed E-state index contributed by atoms with van der Waals surface area (Å²) in [5.41, 5.74) is 0.358. The van der Waals surface area contributed by atoms with E-state index in [0.717, 1.165) is 25.7 Å². The number of hydrogen-bond acceptors (Lipinski definition) is 4. The second-order valence-electron chi connectivity index (χ2n) is 7.12. The Morgan fingerprint density at radius 1 is 1.29 bits per heavy atom. The topological polar surface area (TPSA) is 97.1 Å². The lowest BCUT2D eigenvalue weighted by atomic mass is 9.99. The molecule has 150 valence electrons.